The Labute approximate surface area is 109 Å². The Hall–Kier alpha value is -1.51. The number of hydrogen-bond donors (Lipinski definition) is 1. The Morgan fingerprint density at radius 2 is 2.37 bits per heavy atom. The molecule has 2 atom stereocenters. The Morgan fingerprint density at radius 3 is 3.11 bits per heavy atom. The fourth-order valence-corrected chi connectivity index (χ4v) is 4.53. The van der Waals surface area contributed by atoms with Gasteiger partial charge in [-0.1, -0.05) is 0 Å². The monoisotopic (exact) mass is 280 g/mol. The first-order valence-corrected chi connectivity index (χ1v) is 7.53. The third kappa shape index (κ3) is 1.54. The largest absolute Gasteiger partial charge is 0.375 e. The molecule has 1 N–H and O–H groups in total. The lowest BCUT2D eigenvalue weighted by atomic mass is 10.3. The van der Waals surface area contributed by atoms with Crippen LogP contribution in [0.4, 0.5) is 0 Å². The second kappa shape index (κ2) is 3.75. The molecule has 2 fully saturated rings. The minimum atomic E-state index is -3.56. The van der Waals surface area contributed by atoms with Crippen LogP contribution in [0.15, 0.2) is 23.4 Å². The summed E-state index contributed by atoms with van der Waals surface area (Å²) in [6.45, 7) is 0.905. The van der Waals surface area contributed by atoms with Crippen molar-refractivity contribution >= 4 is 21.1 Å². The van der Waals surface area contributed by atoms with E-state index in [4.69, 9.17) is 4.74 Å². The van der Waals surface area contributed by atoms with Gasteiger partial charge in [-0.25, -0.2) is 13.4 Å². The molecule has 2 aliphatic heterocycles. The minimum absolute atomic E-state index is 0.0343. The fourth-order valence-electron chi connectivity index (χ4n) is 2.80. The van der Waals surface area contributed by atoms with Gasteiger partial charge < -0.3 is 4.74 Å². The normalized spacial score (nSPS) is 27.4. The highest BCUT2D eigenvalue weighted by Gasteiger charge is 2.46. The molecule has 100 valence electrons. The summed E-state index contributed by atoms with van der Waals surface area (Å²) in [5, 5.41) is 7.21. The molecule has 0 aromatic carbocycles. The van der Waals surface area contributed by atoms with Gasteiger partial charge in [-0.3, -0.25) is 5.10 Å². The van der Waals surface area contributed by atoms with E-state index in [1.165, 1.54) is 4.31 Å². The van der Waals surface area contributed by atoms with Crippen LogP contribution in [0.1, 0.15) is 6.42 Å². The predicted octanol–water partition coefficient (Wildman–Crippen LogP) is 0.120. The van der Waals surface area contributed by atoms with Gasteiger partial charge in [0.1, 0.15) is 0 Å². The standard InChI is InChI=1S/C11H12N4O3S/c16-19(17,15-5-8-4-7(15)6-18-8)11-9-2-1-3-12-10(9)13-14-11/h1-3,7-8H,4-6H2,(H,12,13,14)/t7-,8-/m0/s1. The zero-order valence-electron chi connectivity index (χ0n) is 9.98. The molecule has 7 nitrogen and oxygen atoms in total. The van der Waals surface area contributed by atoms with E-state index in [0.29, 0.717) is 24.2 Å². The second-order valence-corrected chi connectivity index (χ2v) is 6.67. The lowest BCUT2D eigenvalue weighted by molar-refractivity contribution is 0.0608. The van der Waals surface area contributed by atoms with Crippen molar-refractivity contribution in [3.8, 4) is 0 Å². The molecule has 4 rings (SSSR count). The molecule has 2 saturated heterocycles. The number of fused-ring (bicyclic) bond motifs is 3. The highest BCUT2D eigenvalue weighted by molar-refractivity contribution is 7.89. The van der Waals surface area contributed by atoms with E-state index in [0.717, 1.165) is 6.42 Å². The van der Waals surface area contributed by atoms with E-state index < -0.39 is 10.0 Å². The number of pyridine rings is 1. The van der Waals surface area contributed by atoms with Crippen molar-refractivity contribution < 1.29 is 13.2 Å². The zero-order chi connectivity index (χ0) is 13.0. The molecule has 0 radical (unpaired) electrons. The summed E-state index contributed by atoms with van der Waals surface area (Å²) in [5.41, 5.74) is 0.418. The minimum Gasteiger partial charge on any atom is -0.375 e. The average molecular weight is 280 g/mol. The zero-order valence-corrected chi connectivity index (χ0v) is 10.8. The van der Waals surface area contributed by atoms with Gasteiger partial charge in [0.2, 0.25) is 0 Å². The number of ether oxygens (including phenoxy) is 1. The molecule has 2 aromatic rings. The number of H-pyrrole nitrogens is 1. The Bertz CT molecular complexity index is 741. The van der Waals surface area contributed by atoms with Crippen LogP contribution in [0, 0.1) is 0 Å². The molecule has 2 aromatic heterocycles. The molecule has 0 unspecified atom stereocenters. The van der Waals surface area contributed by atoms with Crippen LogP contribution >= 0.6 is 0 Å². The second-order valence-electron chi connectivity index (χ2n) is 4.85. The predicted molar refractivity (Wildman–Crippen MR) is 65.9 cm³/mol. The molecule has 4 heterocycles. The third-order valence-corrected chi connectivity index (χ3v) is 5.60. The van der Waals surface area contributed by atoms with Gasteiger partial charge in [0.15, 0.2) is 10.7 Å². The summed E-state index contributed by atoms with van der Waals surface area (Å²) in [6, 6.07) is 3.37. The first-order valence-electron chi connectivity index (χ1n) is 6.09. The summed E-state index contributed by atoms with van der Waals surface area (Å²) < 4.78 is 32.3. The number of nitrogens with zero attached hydrogens (tertiary/aromatic N) is 3. The van der Waals surface area contributed by atoms with Crippen molar-refractivity contribution in [3.63, 3.8) is 0 Å². The van der Waals surface area contributed by atoms with Crippen molar-refractivity contribution in [2.24, 2.45) is 0 Å². The maximum absolute atomic E-state index is 12.7. The number of nitrogens with one attached hydrogen (secondary N) is 1. The lowest BCUT2D eigenvalue weighted by Gasteiger charge is -2.25. The third-order valence-electron chi connectivity index (χ3n) is 3.71. The van der Waals surface area contributed by atoms with Crippen LogP contribution in [-0.4, -0.2) is 53.2 Å². The van der Waals surface area contributed by atoms with E-state index in [2.05, 4.69) is 15.2 Å². The van der Waals surface area contributed by atoms with Crippen LogP contribution in [0.25, 0.3) is 11.0 Å². The Balaban J connectivity index is 1.83. The number of aromatic nitrogens is 3. The smallest absolute Gasteiger partial charge is 0.261 e. The van der Waals surface area contributed by atoms with Gasteiger partial charge >= 0.3 is 0 Å². The highest BCUT2D eigenvalue weighted by atomic mass is 32.2. The average Bonchev–Trinajstić information content (AvgIpc) is 3.13. The number of rotatable bonds is 2. The van der Waals surface area contributed by atoms with Gasteiger partial charge in [0.05, 0.1) is 24.1 Å². The SMILES string of the molecule is O=S(=O)(c1[nH]nc2ncccc12)N1C[C@@H]2C[C@H]1CO2. The van der Waals surface area contributed by atoms with Crippen molar-refractivity contribution in [1.29, 1.82) is 0 Å². The van der Waals surface area contributed by atoms with Gasteiger partial charge in [-0.15, -0.1) is 0 Å². The van der Waals surface area contributed by atoms with Crippen LogP contribution in [0.2, 0.25) is 0 Å². The van der Waals surface area contributed by atoms with Crippen molar-refractivity contribution in [3.05, 3.63) is 18.3 Å². The summed E-state index contributed by atoms with van der Waals surface area (Å²) in [7, 11) is -3.56. The summed E-state index contributed by atoms with van der Waals surface area (Å²) >= 11 is 0. The van der Waals surface area contributed by atoms with Gasteiger partial charge in [0, 0.05) is 12.7 Å². The Morgan fingerprint density at radius 1 is 1.47 bits per heavy atom. The first-order chi connectivity index (χ1) is 9.16. The van der Waals surface area contributed by atoms with Crippen LogP contribution in [0.3, 0.4) is 0 Å². The van der Waals surface area contributed by atoms with Gasteiger partial charge in [-0.2, -0.15) is 9.40 Å². The first kappa shape index (κ1) is 11.3. The molecule has 0 saturated carbocycles. The number of sulfonamides is 1. The van der Waals surface area contributed by atoms with Crippen molar-refractivity contribution in [2.75, 3.05) is 13.2 Å². The quantitative estimate of drug-likeness (QED) is 0.844. The maximum atomic E-state index is 12.7. The van der Waals surface area contributed by atoms with E-state index >= 15 is 0 Å². The lowest BCUT2D eigenvalue weighted by Crippen LogP contribution is -2.41. The van der Waals surface area contributed by atoms with Crippen LogP contribution in [-0.2, 0) is 14.8 Å². The number of aromatic amines is 1. The van der Waals surface area contributed by atoms with Crippen molar-refractivity contribution in [2.45, 2.75) is 23.6 Å². The molecule has 0 amide bonds. The number of morpholine rings is 1. The van der Waals surface area contributed by atoms with E-state index in [9.17, 15) is 8.42 Å². The topological polar surface area (TPSA) is 88.2 Å². The van der Waals surface area contributed by atoms with E-state index in [-0.39, 0.29) is 17.2 Å². The summed E-state index contributed by atoms with van der Waals surface area (Å²) in [5.74, 6) is 0. The van der Waals surface area contributed by atoms with Crippen LogP contribution in [0.5, 0.6) is 0 Å². The van der Waals surface area contributed by atoms with E-state index in [1.807, 2.05) is 0 Å². The van der Waals surface area contributed by atoms with E-state index in [1.54, 1.807) is 18.3 Å². The molecule has 19 heavy (non-hydrogen) atoms. The molecule has 0 spiro atoms. The van der Waals surface area contributed by atoms with Crippen molar-refractivity contribution in [1.82, 2.24) is 19.5 Å². The van der Waals surface area contributed by atoms with Gasteiger partial charge in [-0.05, 0) is 18.6 Å². The molecule has 2 aliphatic rings. The Kier molecular flexibility index (Phi) is 2.23. The maximum Gasteiger partial charge on any atom is 0.261 e. The molecular formula is C11H12N4O3S. The fraction of sp³-hybridized carbons (Fsp3) is 0.455. The van der Waals surface area contributed by atoms with Crippen LogP contribution < -0.4 is 0 Å². The highest BCUT2D eigenvalue weighted by Crippen LogP contribution is 2.33. The summed E-state index contributed by atoms with van der Waals surface area (Å²) in [4.78, 5) is 4.04. The number of hydrogen-bond acceptors (Lipinski definition) is 5. The molecular weight excluding hydrogens is 268 g/mol. The molecule has 0 aliphatic carbocycles. The van der Waals surface area contributed by atoms with Gasteiger partial charge in [0.25, 0.3) is 10.0 Å². The summed E-state index contributed by atoms with van der Waals surface area (Å²) in [6.07, 6.45) is 2.40. The molecule has 8 heteroatoms. The molecule has 2 bridgehead atoms.